The molecular weight excluding hydrogens is 544 g/mol. The number of fused-ring (bicyclic) bond motifs is 2. The van der Waals surface area contributed by atoms with Crippen molar-refractivity contribution in [3.05, 3.63) is 83.4 Å². The highest BCUT2D eigenvalue weighted by Gasteiger charge is 2.34. The number of rotatable bonds is 1. The summed E-state index contributed by atoms with van der Waals surface area (Å²) in [5.41, 5.74) is 1.74. The molecule has 2 aliphatic heterocycles. The summed E-state index contributed by atoms with van der Waals surface area (Å²) in [6.45, 7) is 4.90. The van der Waals surface area contributed by atoms with Crippen LogP contribution in [-0.2, 0) is 6.42 Å². The first kappa shape index (κ1) is 31.4. The van der Waals surface area contributed by atoms with E-state index in [1.165, 1.54) is 42.5 Å². The van der Waals surface area contributed by atoms with E-state index in [0.717, 1.165) is 6.42 Å². The molecule has 0 fully saturated rings. The van der Waals surface area contributed by atoms with Gasteiger partial charge in [0.1, 0.15) is 34.5 Å². The molecule has 0 aromatic heterocycles. The normalized spacial score (nSPS) is 14.4. The molecule has 4 aromatic carbocycles. The summed E-state index contributed by atoms with van der Waals surface area (Å²) in [5, 5.41) is 75.2. The van der Waals surface area contributed by atoms with Crippen molar-refractivity contribution in [1.82, 2.24) is 0 Å². The van der Waals surface area contributed by atoms with Crippen LogP contribution >= 0.6 is 0 Å². The first-order valence-corrected chi connectivity index (χ1v) is 13.5. The lowest BCUT2D eigenvalue weighted by Crippen LogP contribution is -2.18. The predicted molar refractivity (Wildman–Crippen MR) is 156 cm³/mol. The Hall–Kier alpha value is -5.12. The van der Waals surface area contributed by atoms with E-state index >= 15 is 0 Å². The van der Waals surface area contributed by atoms with Crippen molar-refractivity contribution in [3.8, 4) is 57.5 Å². The van der Waals surface area contributed by atoms with Crippen molar-refractivity contribution in [2.75, 3.05) is 13.2 Å². The summed E-state index contributed by atoms with van der Waals surface area (Å²) in [6.07, 6.45) is 2.01. The van der Waals surface area contributed by atoms with Crippen molar-refractivity contribution >= 4 is 0 Å². The Morgan fingerprint density at radius 3 is 1.62 bits per heavy atom. The van der Waals surface area contributed by atoms with E-state index < -0.39 is 0 Å². The minimum Gasteiger partial charge on any atom is -0.508 e. The molecule has 6 rings (SSSR count). The van der Waals surface area contributed by atoms with Gasteiger partial charge in [0, 0.05) is 40.8 Å². The zero-order chi connectivity index (χ0) is 30.8. The summed E-state index contributed by atoms with van der Waals surface area (Å²) < 4.78 is 11.3. The van der Waals surface area contributed by atoms with Crippen molar-refractivity contribution in [3.63, 3.8) is 0 Å². The van der Waals surface area contributed by atoms with Gasteiger partial charge in [-0.3, -0.25) is 0 Å². The zero-order valence-electron chi connectivity index (χ0n) is 23.4. The quantitative estimate of drug-likeness (QED) is 0.125. The van der Waals surface area contributed by atoms with E-state index in [2.05, 4.69) is 0 Å². The molecule has 0 aliphatic carbocycles. The Balaban J connectivity index is 0.000000220. The van der Waals surface area contributed by atoms with Gasteiger partial charge in [-0.1, -0.05) is 38.1 Å². The molecule has 0 spiro atoms. The monoisotopic (exact) mass is 580 g/mol. The highest BCUT2D eigenvalue weighted by molar-refractivity contribution is 5.64. The molecule has 1 atom stereocenters. The number of phenolic OH excluding ortho intramolecular Hbond substituents is 8. The van der Waals surface area contributed by atoms with Gasteiger partial charge in [-0.05, 0) is 43.5 Å². The molecule has 0 radical (unpaired) electrons. The first-order chi connectivity index (χ1) is 20.2. The van der Waals surface area contributed by atoms with E-state index in [0.29, 0.717) is 54.2 Å². The van der Waals surface area contributed by atoms with E-state index in [1.807, 2.05) is 13.8 Å². The van der Waals surface area contributed by atoms with Gasteiger partial charge in [0.2, 0.25) is 0 Å². The second kappa shape index (κ2) is 14.5. The van der Waals surface area contributed by atoms with Crippen LogP contribution in [0.4, 0.5) is 0 Å². The fourth-order valence-electron chi connectivity index (χ4n) is 4.57. The zero-order valence-corrected chi connectivity index (χ0v) is 23.4. The van der Waals surface area contributed by atoms with Crippen molar-refractivity contribution in [1.29, 1.82) is 0 Å². The van der Waals surface area contributed by atoms with Crippen LogP contribution in [0.2, 0.25) is 0 Å². The summed E-state index contributed by atoms with van der Waals surface area (Å²) in [4.78, 5) is 0. The average molecular weight is 581 g/mol. The molecule has 42 heavy (non-hydrogen) atoms. The number of ether oxygens (including phenoxy) is 2. The predicted octanol–water partition coefficient (Wildman–Crippen LogP) is 5.97. The minimum absolute atomic E-state index is 0.0214. The van der Waals surface area contributed by atoms with Gasteiger partial charge >= 0.3 is 0 Å². The number of phenols is 8. The van der Waals surface area contributed by atoms with Gasteiger partial charge in [-0.15, -0.1) is 0 Å². The van der Waals surface area contributed by atoms with Crippen molar-refractivity contribution in [2.24, 2.45) is 0 Å². The summed E-state index contributed by atoms with van der Waals surface area (Å²) in [6, 6.07) is 16.3. The topological polar surface area (TPSA) is 180 Å². The molecule has 8 N–H and O–H groups in total. The third-order valence-corrected chi connectivity index (χ3v) is 6.42. The lowest BCUT2D eigenvalue weighted by atomic mass is 9.83. The second-order valence-corrected chi connectivity index (χ2v) is 9.13. The Labute approximate surface area is 243 Å². The molecule has 10 nitrogen and oxygen atoms in total. The third kappa shape index (κ3) is 7.34. The minimum atomic E-state index is -0.346. The fourth-order valence-corrected chi connectivity index (χ4v) is 4.57. The lowest BCUT2D eigenvalue weighted by molar-refractivity contribution is 0.255. The van der Waals surface area contributed by atoms with Crippen LogP contribution in [0.15, 0.2) is 66.7 Å². The maximum Gasteiger partial charge on any atom is 0.157 e. The first-order valence-electron chi connectivity index (χ1n) is 13.5. The molecule has 2 heterocycles. The standard InChI is InChI=1S/C18H18O6.2C6H6O2.C2H6/c19-9-6-13(21)16-11(3-5-23-15(16)7-9)17-14(22)8-12(20)10-2-1-4-24-18(10)17;2*7-5-3-1-2-4-6(5)8;1-2/h6-8,11,19-22H,1-5H2;2*1-4,7-8H;1-2H3. The number of para-hydroxylation sites is 4. The Morgan fingerprint density at radius 2 is 1.10 bits per heavy atom. The summed E-state index contributed by atoms with van der Waals surface area (Å²) in [7, 11) is 0. The van der Waals surface area contributed by atoms with Crippen LogP contribution in [-0.4, -0.2) is 54.1 Å². The Kier molecular flexibility index (Phi) is 10.8. The Morgan fingerprint density at radius 1 is 0.571 bits per heavy atom. The van der Waals surface area contributed by atoms with Crippen LogP contribution in [0, 0.1) is 0 Å². The van der Waals surface area contributed by atoms with Gasteiger partial charge < -0.3 is 50.3 Å². The van der Waals surface area contributed by atoms with E-state index in [9.17, 15) is 20.4 Å². The molecule has 10 heteroatoms. The largest absolute Gasteiger partial charge is 0.508 e. The molecule has 0 saturated carbocycles. The maximum absolute atomic E-state index is 10.5. The van der Waals surface area contributed by atoms with E-state index in [4.69, 9.17) is 29.9 Å². The molecule has 1 unspecified atom stereocenters. The number of benzene rings is 4. The van der Waals surface area contributed by atoms with Crippen molar-refractivity contribution in [2.45, 2.75) is 39.0 Å². The average Bonchev–Trinajstić information content (AvgIpc) is 2.98. The highest BCUT2D eigenvalue weighted by Crippen LogP contribution is 2.52. The highest BCUT2D eigenvalue weighted by atomic mass is 16.5. The third-order valence-electron chi connectivity index (χ3n) is 6.42. The number of hydrogen-bond donors (Lipinski definition) is 8. The molecule has 224 valence electrons. The SMILES string of the molecule is CC.Oc1cc(O)c2c(c1)OCCC2c1c(O)cc(O)c2c1OCCC2.Oc1ccccc1O.Oc1ccccc1O. The number of hydrogen-bond acceptors (Lipinski definition) is 10. The van der Waals surface area contributed by atoms with Crippen LogP contribution in [0.5, 0.6) is 57.5 Å². The summed E-state index contributed by atoms with van der Waals surface area (Å²) >= 11 is 0. The molecule has 0 saturated heterocycles. The van der Waals surface area contributed by atoms with E-state index in [-0.39, 0.29) is 51.9 Å². The van der Waals surface area contributed by atoms with Gasteiger partial charge in [-0.25, -0.2) is 0 Å². The van der Waals surface area contributed by atoms with Crippen molar-refractivity contribution < 1.29 is 50.3 Å². The van der Waals surface area contributed by atoms with Gasteiger partial charge in [0.15, 0.2) is 23.0 Å². The number of aromatic hydroxyl groups is 8. The fraction of sp³-hybridized carbons (Fsp3) is 0.250. The Bertz CT molecular complexity index is 1400. The van der Waals surface area contributed by atoms with Crippen LogP contribution in [0.25, 0.3) is 0 Å². The molecule has 0 bridgehead atoms. The lowest BCUT2D eigenvalue weighted by Gasteiger charge is -2.31. The molecule has 0 amide bonds. The maximum atomic E-state index is 10.5. The van der Waals surface area contributed by atoms with Gasteiger partial charge in [0.05, 0.1) is 13.2 Å². The van der Waals surface area contributed by atoms with Gasteiger partial charge in [-0.2, -0.15) is 0 Å². The second-order valence-electron chi connectivity index (χ2n) is 9.13. The smallest absolute Gasteiger partial charge is 0.157 e. The van der Waals surface area contributed by atoms with Crippen LogP contribution in [0.3, 0.4) is 0 Å². The molecule has 2 aliphatic rings. The van der Waals surface area contributed by atoms with E-state index in [1.54, 1.807) is 24.3 Å². The summed E-state index contributed by atoms with van der Waals surface area (Å²) in [5.74, 6) is 0.00476. The molecule has 4 aromatic rings. The molecular formula is C32H36O10. The van der Waals surface area contributed by atoms with Gasteiger partial charge in [0.25, 0.3) is 0 Å². The van der Waals surface area contributed by atoms with Crippen LogP contribution < -0.4 is 9.47 Å². The van der Waals surface area contributed by atoms with Crippen LogP contribution in [0.1, 0.15) is 49.3 Å².